The molecule has 2 aliphatic rings. The van der Waals surface area contributed by atoms with Gasteiger partial charge in [-0.05, 0) is 82.9 Å². The second kappa shape index (κ2) is 20.9. The number of aliphatic hydroxyl groups excluding tert-OH is 1. The Balaban J connectivity index is 0.000000242. The molecule has 0 fully saturated rings. The average Bonchev–Trinajstić information content (AvgIpc) is 3.94. The van der Waals surface area contributed by atoms with E-state index in [0.717, 1.165) is 6.42 Å². The van der Waals surface area contributed by atoms with Gasteiger partial charge in [0.05, 0.1) is 66.3 Å². The molecule has 2 aromatic heterocycles. The Labute approximate surface area is 354 Å². The van der Waals surface area contributed by atoms with Crippen LogP contribution in [-0.2, 0) is 19.1 Å². The highest BCUT2D eigenvalue weighted by molar-refractivity contribution is 5.93. The fraction of sp³-hybridized carbons (Fsp3) is 0.364. The summed E-state index contributed by atoms with van der Waals surface area (Å²) in [5.74, 6) is -0.613. The first-order valence-corrected chi connectivity index (χ1v) is 19.3. The highest BCUT2D eigenvalue weighted by Crippen LogP contribution is 2.45. The summed E-state index contributed by atoms with van der Waals surface area (Å²) in [6.45, 7) is 27.7. The van der Waals surface area contributed by atoms with Crippen molar-refractivity contribution in [2.24, 2.45) is 0 Å². The molecule has 4 atom stereocenters. The molecule has 316 valence electrons. The van der Waals surface area contributed by atoms with Gasteiger partial charge in [-0.3, -0.25) is 9.59 Å². The van der Waals surface area contributed by atoms with Gasteiger partial charge in [-0.2, -0.15) is 10.5 Å². The predicted octanol–water partition coefficient (Wildman–Crippen LogP) is 7.85. The van der Waals surface area contributed by atoms with Crippen molar-refractivity contribution in [3.63, 3.8) is 0 Å². The van der Waals surface area contributed by atoms with E-state index in [9.17, 15) is 20.1 Å². The highest BCUT2D eigenvalue weighted by atomic mass is 16.7. The minimum Gasteiger partial charge on any atom is -0.465 e. The van der Waals surface area contributed by atoms with Crippen LogP contribution in [0.25, 0.3) is 31.9 Å². The second-order valence-corrected chi connectivity index (χ2v) is 13.7. The van der Waals surface area contributed by atoms with E-state index in [1.807, 2.05) is 13.8 Å². The fourth-order valence-electron chi connectivity index (χ4n) is 5.85. The van der Waals surface area contributed by atoms with Crippen molar-refractivity contribution in [3.05, 3.63) is 81.7 Å². The number of hydrogen-bond donors (Lipinski definition) is 3. The number of carbonyl (C=O) groups is 2. The van der Waals surface area contributed by atoms with Gasteiger partial charge in [0, 0.05) is 11.1 Å². The zero-order valence-corrected chi connectivity index (χ0v) is 34.9. The number of carbonyl (C=O) groups excluding carboxylic acids is 2. The van der Waals surface area contributed by atoms with Crippen molar-refractivity contribution in [1.82, 2.24) is 9.97 Å². The maximum atomic E-state index is 12.5. The first kappa shape index (κ1) is 46.1. The number of pyridine rings is 2. The number of nitriles is 2. The Kier molecular flexibility index (Phi) is 15.8. The van der Waals surface area contributed by atoms with E-state index in [1.165, 1.54) is 0 Å². The number of nitrogens with two attached hydrogens (primary N) is 2. The monoisotopic (exact) mass is 830 g/mol. The number of nitrogens with zero attached hydrogens (tertiary/aromatic N) is 6. The van der Waals surface area contributed by atoms with Crippen LogP contribution in [0, 0.1) is 35.8 Å². The van der Waals surface area contributed by atoms with E-state index in [2.05, 4.69) is 31.8 Å². The Morgan fingerprint density at radius 2 is 1.16 bits per heavy atom. The molecule has 61 heavy (non-hydrogen) atoms. The summed E-state index contributed by atoms with van der Waals surface area (Å²) in [5, 5.41) is 28.0. The van der Waals surface area contributed by atoms with E-state index in [4.69, 9.17) is 58.1 Å². The van der Waals surface area contributed by atoms with Crippen LogP contribution in [0.5, 0.6) is 23.0 Å². The first-order chi connectivity index (χ1) is 29.2. The molecule has 0 amide bonds. The molecule has 0 bridgehead atoms. The Bertz CT molecular complexity index is 2460. The molecule has 2 aliphatic heterocycles. The SMILES string of the molecule is CCC(C)O.[C-]#[N+]c1c(N)nc(C(C)C(=O)OC(C)CC)c(C#N)c1-c1ccc2c(c1)OCO2.[C-]#[N+]c1c(N)nc(C(C)C(=O)OCC)c(C#N)c1-c1ccc2c(c1)OCO2. The minimum absolute atomic E-state index is 0.0465. The van der Waals surface area contributed by atoms with E-state index in [0.29, 0.717) is 51.7 Å². The number of benzene rings is 2. The van der Waals surface area contributed by atoms with E-state index >= 15 is 0 Å². The highest BCUT2D eigenvalue weighted by Gasteiger charge is 2.30. The van der Waals surface area contributed by atoms with Crippen LogP contribution in [0.2, 0.25) is 0 Å². The van der Waals surface area contributed by atoms with Crippen molar-refractivity contribution in [3.8, 4) is 57.4 Å². The zero-order chi connectivity index (χ0) is 45.0. The number of ether oxygens (including phenoxy) is 6. The van der Waals surface area contributed by atoms with Crippen LogP contribution in [0.4, 0.5) is 23.0 Å². The van der Waals surface area contributed by atoms with E-state index in [1.54, 1.807) is 71.0 Å². The van der Waals surface area contributed by atoms with Crippen molar-refractivity contribution in [2.75, 3.05) is 31.7 Å². The molecule has 2 aromatic carbocycles. The molecule has 5 N–H and O–H groups in total. The third-order valence-corrected chi connectivity index (χ3v) is 9.52. The van der Waals surface area contributed by atoms with Gasteiger partial charge in [0.2, 0.25) is 25.0 Å². The molecule has 0 saturated heterocycles. The Morgan fingerprint density at radius 1 is 0.754 bits per heavy atom. The summed E-state index contributed by atoms with van der Waals surface area (Å²) in [7, 11) is 0. The lowest BCUT2D eigenvalue weighted by Crippen LogP contribution is -2.21. The van der Waals surface area contributed by atoms with Gasteiger partial charge in [-0.15, -0.1) is 0 Å². The standard InChI is InChI=1S/C21H20N4O4.C19H16N4O4.C4H10O/c1-5-11(2)29-21(26)12(3)18-14(9-22)17(19(24-4)20(23)25-18)13-6-7-15-16(8-13)28-10-27-15;1-4-25-19(24)10(2)16-12(8-20)15(17(22-3)18(21)23-16)11-5-6-13-14(7-11)27-9-26-13;1-3-4(2)5/h6-8,11-12H,5,10H2,1-3H3,(H2,23,25);5-7,10H,4,9H2,1-2H3,(H2,21,23);4-5H,3H2,1-2H3. The maximum Gasteiger partial charge on any atom is 0.315 e. The maximum absolute atomic E-state index is 12.5. The zero-order valence-electron chi connectivity index (χ0n) is 34.9. The normalized spacial score (nSPS) is 13.4. The third-order valence-electron chi connectivity index (χ3n) is 9.52. The van der Waals surface area contributed by atoms with Gasteiger partial charge < -0.3 is 45.0 Å². The lowest BCUT2D eigenvalue weighted by molar-refractivity contribution is -0.150. The number of aromatic nitrogens is 2. The van der Waals surface area contributed by atoms with Gasteiger partial charge in [-0.1, -0.05) is 26.0 Å². The topological polar surface area (TPSA) is 244 Å². The number of nitrogen functional groups attached to an aromatic ring is 2. The molecule has 0 aliphatic carbocycles. The molecular weight excluding hydrogens is 785 g/mol. The van der Waals surface area contributed by atoms with E-state index < -0.39 is 23.8 Å². The summed E-state index contributed by atoms with van der Waals surface area (Å²) in [6, 6.07) is 14.3. The van der Waals surface area contributed by atoms with Crippen LogP contribution >= 0.6 is 0 Å². The smallest absolute Gasteiger partial charge is 0.315 e. The molecule has 17 nitrogen and oxygen atoms in total. The molecule has 4 unspecified atom stereocenters. The predicted molar refractivity (Wildman–Crippen MR) is 224 cm³/mol. The van der Waals surface area contributed by atoms with Gasteiger partial charge in [0.15, 0.2) is 23.0 Å². The molecular formula is C44H46N8O9. The van der Waals surface area contributed by atoms with Crippen LogP contribution in [0.3, 0.4) is 0 Å². The van der Waals surface area contributed by atoms with Crippen molar-refractivity contribution in [1.29, 1.82) is 10.5 Å². The fourth-order valence-corrected chi connectivity index (χ4v) is 5.85. The lowest BCUT2D eigenvalue weighted by Gasteiger charge is -2.19. The second-order valence-electron chi connectivity index (χ2n) is 13.7. The summed E-state index contributed by atoms with van der Waals surface area (Å²) in [4.78, 5) is 40.0. The number of fused-ring (bicyclic) bond motifs is 2. The quantitative estimate of drug-likeness (QED) is 0.102. The van der Waals surface area contributed by atoms with Crippen molar-refractivity contribution in [2.45, 2.75) is 85.4 Å². The summed E-state index contributed by atoms with van der Waals surface area (Å²) < 4.78 is 31.8. The number of rotatable bonds is 10. The molecule has 0 radical (unpaired) electrons. The number of aliphatic hydroxyl groups is 1. The van der Waals surface area contributed by atoms with Gasteiger partial charge >= 0.3 is 11.9 Å². The van der Waals surface area contributed by atoms with Gasteiger partial charge in [0.25, 0.3) is 0 Å². The number of anilines is 2. The lowest BCUT2D eigenvalue weighted by atomic mass is 9.92. The Hall–Kier alpha value is -7.60. The molecule has 0 spiro atoms. The minimum atomic E-state index is -0.825. The molecule has 6 rings (SSSR count). The van der Waals surface area contributed by atoms with E-state index in [-0.39, 0.29) is 77.9 Å². The molecule has 0 saturated carbocycles. The van der Waals surface area contributed by atoms with Crippen LogP contribution in [0.15, 0.2) is 36.4 Å². The average molecular weight is 831 g/mol. The molecule has 4 heterocycles. The third kappa shape index (κ3) is 10.4. The number of esters is 2. The summed E-state index contributed by atoms with van der Waals surface area (Å²) in [6.07, 6.45) is 1.15. The summed E-state index contributed by atoms with van der Waals surface area (Å²) >= 11 is 0. The van der Waals surface area contributed by atoms with Crippen molar-refractivity contribution >= 4 is 34.9 Å². The molecule has 4 aromatic rings. The van der Waals surface area contributed by atoms with Gasteiger partial charge in [-0.25, -0.2) is 19.7 Å². The van der Waals surface area contributed by atoms with Crippen molar-refractivity contribution < 1.29 is 43.1 Å². The van der Waals surface area contributed by atoms with Crippen LogP contribution in [-0.4, -0.2) is 59.4 Å². The largest absolute Gasteiger partial charge is 0.465 e. The number of hydrogen-bond acceptors (Lipinski definition) is 15. The summed E-state index contributed by atoms with van der Waals surface area (Å²) in [5.41, 5.74) is 14.4. The molecule has 17 heteroatoms. The van der Waals surface area contributed by atoms with Crippen LogP contribution in [0.1, 0.15) is 95.7 Å². The van der Waals surface area contributed by atoms with Crippen LogP contribution < -0.4 is 30.4 Å². The Morgan fingerprint density at radius 3 is 1.52 bits per heavy atom. The van der Waals surface area contributed by atoms with Gasteiger partial charge in [0.1, 0.15) is 23.8 Å². The first-order valence-electron chi connectivity index (χ1n) is 19.3.